The van der Waals surface area contributed by atoms with Crippen LogP contribution >= 0.6 is 15.9 Å². The molecule has 0 aliphatic rings. The molecular weight excluding hydrogens is 304 g/mol. The Bertz CT molecular complexity index is 583. The molecule has 0 bridgehead atoms. The first-order valence-corrected chi connectivity index (χ1v) is 5.73. The zero-order valence-electron chi connectivity index (χ0n) is 9.73. The Kier molecular flexibility index (Phi) is 3.33. The van der Waals surface area contributed by atoms with Gasteiger partial charge in [-0.2, -0.15) is 0 Å². The highest BCUT2D eigenvalue weighted by Crippen LogP contribution is 2.46. The van der Waals surface area contributed by atoms with Crippen LogP contribution in [0.5, 0.6) is 17.2 Å². The van der Waals surface area contributed by atoms with E-state index in [0.29, 0.717) is 27.2 Å². The molecule has 96 valence electrons. The average Bonchev–Trinajstić information content (AvgIpc) is 2.78. The van der Waals surface area contributed by atoms with Crippen molar-refractivity contribution in [1.29, 1.82) is 0 Å². The highest BCUT2D eigenvalue weighted by atomic mass is 79.9. The van der Waals surface area contributed by atoms with Gasteiger partial charge >= 0.3 is 0 Å². The summed E-state index contributed by atoms with van der Waals surface area (Å²) in [5.74, 6) is 0.991. The lowest BCUT2D eigenvalue weighted by Gasteiger charge is -2.13. The number of aromatic nitrogens is 1. The number of aromatic hydroxyl groups is 1. The number of ether oxygens (including phenoxy) is 2. The summed E-state index contributed by atoms with van der Waals surface area (Å²) in [5.41, 5.74) is 6.29. The van der Waals surface area contributed by atoms with Crippen molar-refractivity contribution in [3.05, 3.63) is 16.6 Å². The SMILES string of the molecule is COc1cc(-c2cc(N)on2)c(O)c(Br)c1OC. The molecule has 1 aromatic heterocycles. The first kappa shape index (κ1) is 12.6. The van der Waals surface area contributed by atoms with Crippen molar-refractivity contribution in [2.75, 3.05) is 20.0 Å². The predicted molar refractivity (Wildman–Crippen MR) is 68.8 cm³/mol. The molecule has 18 heavy (non-hydrogen) atoms. The van der Waals surface area contributed by atoms with Gasteiger partial charge in [0.1, 0.15) is 15.9 Å². The minimum atomic E-state index is -0.0269. The Morgan fingerprint density at radius 1 is 1.33 bits per heavy atom. The maximum Gasteiger partial charge on any atom is 0.222 e. The van der Waals surface area contributed by atoms with Crippen molar-refractivity contribution in [3.63, 3.8) is 0 Å². The molecule has 0 saturated heterocycles. The molecule has 0 saturated carbocycles. The van der Waals surface area contributed by atoms with E-state index in [4.69, 9.17) is 19.7 Å². The van der Waals surface area contributed by atoms with E-state index in [0.717, 1.165) is 0 Å². The molecule has 0 aliphatic carbocycles. The van der Waals surface area contributed by atoms with Crippen LogP contribution in [0.3, 0.4) is 0 Å². The van der Waals surface area contributed by atoms with E-state index >= 15 is 0 Å². The average molecular weight is 315 g/mol. The number of anilines is 1. The number of nitrogens with zero attached hydrogens (tertiary/aromatic N) is 1. The second kappa shape index (κ2) is 4.77. The summed E-state index contributed by atoms with van der Waals surface area (Å²) >= 11 is 3.24. The third-order valence-electron chi connectivity index (χ3n) is 2.39. The van der Waals surface area contributed by atoms with Gasteiger partial charge in [-0.1, -0.05) is 5.16 Å². The number of nitrogen functional groups attached to an aromatic ring is 1. The van der Waals surface area contributed by atoms with Gasteiger partial charge in [0.25, 0.3) is 0 Å². The van der Waals surface area contributed by atoms with Gasteiger partial charge in [-0.05, 0) is 22.0 Å². The lowest BCUT2D eigenvalue weighted by atomic mass is 10.1. The van der Waals surface area contributed by atoms with Gasteiger partial charge in [-0.25, -0.2) is 0 Å². The molecule has 6 nitrogen and oxygen atoms in total. The molecule has 2 aromatic rings. The molecule has 1 heterocycles. The number of phenolic OH excluding ortho intramolecular Hbond substituents is 1. The third-order valence-corrected chi connectivity index (χ3v) is 3.13. The third kappa shape index (κ3) is 1.97. The van der Waals surface area contributed by atoms with Crippen LogP contribution < -0.4 is 15.2 Å². The van der Waals surface area contributed by atoms with Crippen molar-refractivity contribution in [3.8, 4) is 28.5 Å². The van der Waals surface area contributed by atoms with E-state index in [1.807, 2.05) is 0 Å². The minimum Gasteiger partial charge on any atom is -0.506 e. The molecule has 3 N–H and O–H groups in total. The molecule has 0 radical (unpaired) electrons. The maximum absolute atomic E-state index is 10.1. The van der Waals surface area contributed by atoms with E-state index in [-0.39, 0.29) is 11.6 Å². The Morgan fingerprint density at radius 3 is 2.56 bits per heavy atom. The van der Waals surface area contributed by atoms with Crippen LogP contribution in [-0.2, 0) is 0 Å². The second-order valence-corrected chi connectivity index (χ2v) is 4.23. The lowest BCUT2D eigenvalue weighted by molar-refractivity contribution is 0.349. The Labute approximate surface area is 111 Å². The molecule has 0 unspecified atom stereocenters. The number of hydrogen-bond acceptors (Lipinski definition) is 6. The zero-order chi connectivity index (χ0) is 13.3. The summed E-state index contributed by atoms with van der Waals surface area (Å²) in [7, 11) is 2.98. The summed E-state index contributed by atoms with van der Waals surface area (Å²) in [4.78, 5) is 0. The van der Waals surface area contributed by atoms with Crippen LogP contribution in [0.4, 0.5) is 5.88 Å². The molecule has 2 rings (SSSR count). The second-order valence-electron chi connectivity index (χ2n) is 3.44. The van der Waals surface area contributed by atoms with Gasteiger partial charge in [-0.15, -0.1) is 0 Å². The van der Waals surface area contributed by atoms with Gasteiger partial charge in [0.15, 0.2) is 11.5 Å². The molecule has 7 heteroatoms. The van der Waals surface area contributed by atoms with Gasteiger partial charge in [0.2, 0.25) is 5.88 Å². The van der Waals surface area contributed by atoms with E-state index in [1.54, 1.807) is 6.07 Å². The number of benzene rings is 1. The number of nitrogens with two attached hydrogens (primary N) is 1. The van der Waals surface area contributed by atoms with Crippen molar-refractivity contribution < 1.29 is 19.1 Å². The molecular formula is C11H11BrN2O4. The summed E-state index contributed by atoms with van der Waals surface area (Å²) in [6, 6.07) is 3.10. The number of hydrogen-bond donors (Lipinski definition) is 2. The number of methoxy groups -OCH3 is 2. The van der Waals surface area contributed by atoms with Crippen molar-refractivity contribution in [1.82, 2.24) is 5.16 Å². The van der Waals surface area contributed by atoms with Crippen LogP contribution in [0, 0.1) is 0 Å². The monoisotopic (exact) mass is 314 g/mol. The first-order chi connectivity index (χ1) is 8.58. The Hall–Kier alpha value is -1.89. The largest absolute Gasteiger partial charge is 0.506 e. The molecule has 0 amide bonds. The van der Waals surface area contributed by atoms with Gasteiger partial charge < -0.3 is 24.8 Å². The highest BCUT2D eigenvalue weighted by molar-refractivity contribution is 9.10. The fourth-order valence-electron chi connectivity index (χ4n) is 1.55. The van der Waals surface area contributed by atoms with Crippen molar-refractivity contribution in [2.24, 2.45) is 0 Å². The minimum absolute atomic E-state index is 0.0269. The van der Waals surface area contributed by atoms with E-state index in [1.165, 1.54) is 20.3 Å². The van der Waals surface area contributed by atoms with Crippen LogP contribution in [0.1, 0.15) is 0 Å². The molecule has 0 atom stereocenters. The smallest absolute Gasteiger partial charge is 0.222 e. The Balaban J connectivity index is 2.65. The van der Waals surface area contributed by atoms with E-state index in [2.05, 4.69) is 21.1 Å². The summed E-state index contributed by atoms with van der Waals surface area (Å²) in [6.45, 7) is 0. The van der Waals surface area contributed by atoms with Gasteiger partial charge in [0.05, 0.1) is 19.8 Å². The van der Waals surface area contributed by atoms with Crippen LogP contribution in [0.2, 0.25) is 0 Å². The van der Waals surface area contributed by atoms with Crippen LogP contribution in [0.15, 0.2) is 21.1 Å². The fourth-order valence-corrected chi connectivity index (χ4v) is 2.12. The number of rotatable bonds is 3. The molecule has 0 aliphatic heterocycles. The summed E-state index contributed by atoms with van der Waals surface area (Å²) in [6.07, 6.45) is 0. The van der Waals surface area contributed by atoms with Gasteiger partial charge in [0, 0.05) is 6.07 Å². The van der Waals surface area contributed by atoms with Crippen LogP contribution in [-0.4, -0.2) is 24.5 Å². The first-order valence-electron chi connectivity index (χ1n) is 4.94. The van der Waals surface area contributed by atoms with E-state index in [9.17, 15) is 5.11 Å². The zero-order valence-corrected chi connectivity index (χ0v) is 11.3. The standard InChI is InChI=1S/C11H11BrN2O4/c1-16-7-3-5(6-4-8(13)18-14-6)10(15)9(12)11(7)17-2/h3-4,15H,13H2,1-2H3. The summed E-state index contributed by atoms with van der Waals surface area (Å²) < 4.78 is 15.5. The highest BCUT2D eigenvalue weighted by Gasteiger charge is 2.20. The maximum atomic E-state index is 10.1. The Morgan fingerprint density at radius 2 is 2.06 bits per heavy atom. The lowest BCUT2D eigenvalue weighted by Crippen LogP contribution is -1.93. The van der Waals surface area contributed by atoms with Gasteiger partial charge in [-0.3, -0.25) is 0 Å². The molecule has 1 aromatic carbocycles. The van der Waals surface area contributed by atoms with Crippen molar-refractivity contribution >= 4 is 21.8 Å². The fraction of sp³-hybridized carbons (Fsp3) is 0.182. The summed E-state index contributed by atoms with van der Waals surface area (Å²) in [5, 5.41) is 13.8. The molecule has 0 fully saturated rings. The normalized spacial score (nSPS) is 10.4. The topological polar surface area (TPSA) is 90.7 Å². The number of phenols is 1. The molecule has 0 spiro atoms. The number of halogens is 1. The van der Waals surface area contributed by atoms with Crippen molar-refractivity contribution in [2.45, 2.75) is 0 Å². The predicted octanol–water partition coefficient (Wildman–Crippen LogP) is 2.41. The van der Waals surface area contributed by atoms with E-state index < -0.39 is 0 Å². The van der Waals surface area contributed by atoms with Crippen LogP contribution in [0.25, 0.3) is 11.3 Å². The quantitative estimate of drug-likeness (QED) is 0.904.